The number of carboxylic acid groups (broad SMARTS) is 2. The van der Waals surface area contributed by atoms with Gasteiger partial charge in [-0.1, -0.05) is 30.3 Å². The molecular formula is C16H20N2O4. The van der Waals surface area contributed by atoms with Crippen LogP contribution in [0.15, 0.2) is 30.3 Å². The predicted molar refractivity (Wildman–Crippen MR) is 79.5 cm³/mol. The van der Waals surface area contributed by atoms with Crippen LogP contribution in [0.1, 0.15) is 18.4 Å². The van der Waals surface area contributed by atoms with Crippen LogP contribution in [0, 0.1) is 5.92 Å². The average molecular weight is 304 g/mol. The van der Waals surface area contributed by atoms with Crippen LogP contribution in [0.4, 0.5) is 4.79 Å². The highest BCUT2D eigenvalue weighted by Crippen LogP contribution is 2.33. The second kappa shape index (κ2) is 5.96. The molecule has 6 nitrogen and oxygen atoms in total. The lowest BCUT2D eigenvalue weighted by atomic mass is 9.92. The minimum Gasteiger partial charge on any atom is -0.480 e. The van der Waals surface area contributed by atoms with E-state index in [0.29, 0.717) is 13.1 Å². The number of fused-ring (bicyclic) bond motifs is 4. The number of piperidine rings is 1. The van der Waals surface area contributed by atoms with Crippen molar-refractivity contribution in [2.24, 2.45) is 5.92 Å². The lowest BCUT2D eigenvalue weighted by Crippen LogP contribution is -2.54. The summed E-state index contributed by atoms with van der Waals surface area (Å²) in [6.07, 6.45) is 0.493. The molecule has 2 N–H and O–H groups in total. The molecule has 4 rings (SSSR count). The van der Waals surface area contributed by atoms with E-state index in [2.05, 4.69) is 4.90 Å². The fraction of sp³-hybridized carbons (Fsp3) is 0.500. The highest BCUT2D eigenvalue weighted by molar-refractivity contribution is 5.80. The third-order valence-corrected chi connectivity index (χ3v) is 4.71. The first-order chi connectivity index (χ1) is 10.6. The summed E-state index contributed by atoms with van der Waals surface area (Å²) < 4.78 is 0. The zero-order valence-electron chi connectivity index (χ0n) is 12.3. The van der Waals surface area contributed by atoms with Gasteiger partial charge in [-0.05, 0) is 24.3 Å². The van der Waals surface area contributed by atoms with Gasteiger partial charge in [-0.3, -0.25) is 9.80 Å². The summed E-state index contributed by atoms with van der Waals surface area (Å²) in [7, 11) is 0. The maximum Gasteiger partial charge on any atom is 0.408 e. The molecule has 3 aliphatic heterocycles. The number of hydrogen-bond donors (Lipinski definition) is 2. The Balaban J connectivity index is 1.87. The number of amides is 1. The number of nitrogens with zero attached hydrogens (tertiary/aromatic N) is 2. The molecular weight excluding hydrogens is 284 g/mol. The number of aliphatic carboxylic acids is 1. The van der Waals surface area contributed by atoms with Crippen molar-refractivity contribution in [1.29, 1.82) is 0 Å². The topological polar surface area (TPSA) is 81.1 Å². The van der Waals surface area contributed by atoms with Crippen molar-refractivity contribution in [2.45, 2.75) is 31.5 Å². The van der Waals surface area contributed by atoms with Gasteiger partial charge in [0.1, 0.15) is 6.04 Å². The highest BCUT2D eigenvalue weighted by atomic mass is 16.4. The fourth-order valence-electron chi connectivity index (χ4n) is 3.75. The molecule has 0 radical (unpaired) electrons. The third-order valence-electron chi connectivity index (χ3n) is 4.71. The van der Waals surface area contributed by atoms with Gasteiger partial charge in [0.2, 0.25) is 0 Å². The molecule has 3 fully saturated rings. The van der Waals surface area contributed by atoms with Crippen molar-refractivity contribution < 1.29 is 19.8 Å². The maximum atomic E-state index is 11.7. The second-order valence-corrected chi connectivity index (χ2v) is 6.14. The van der Waals surface area contributed by atoms with Gasteiger partial charge in [0.25, 0.3) is 0 Å². The van der Waals surface area contributed by atoms with Gasteiger partial charge in [-0.25, -0.2) is 9.59 Å². The molecule has 0 aliphatic carbocycles. The molecule has 0 spiro atoms. The van der Waals surface area contributed by atoms with Gasteiger partial charge in [0.05, 0.1) is 0 Å². The molecule has 118 valence electrons. The Labute approximate surface area is 129 Å². The molecule has 1 amide bonds. The van der Waals surface area contributed by atoms with Gasteiger partial charge in [-0.15, -0.1) is 0 Å². The van der Waals surface area contributed by atoms with E-state index in [1.807, 2.05) is 30.3 Å². The van der Waals surface area contributed by atoms with Crippen LogP contribution in [0.5, 0.6) is 0 Å². The van der Waals surface area contributed by atoms with Crippen molar-refractivity contribution >= 4 is 12.1 Å². The van der Waals surface area contributed by atoms with Gasteiger partial charge < -0.3 is 10.2 Å². The first kappa shape index (κ1) is 14.8. The summed E-state index contributed by atoms with van der Waals surface area (Å²) >= 11 is 0. The van der Waals surface area contributed by atoms with E-state index in [0.717, 1.165) is 29.8 Å². The standard InChI is InChI=1S/C16H20N2O4/c19-15(20)14-13-7-6-12(10-18(14)16(21)22)9-17(13)8-11-4-2-1-3-5-11/h1-5,12-14H,6-10H2,(H,19,20)(H,21,22)/t12-,13-,14-/m0/s1. The zero-order chi connectivity index (χ0) is 15.7. The Morgan fingerprint density at radius 1 is 1.09 bits per heavy atom. The number of benzene rings is 1. The summed E-state index contributed by atoms with van der Waals surface area (Å²) in [5.74, 6) is -0.839. The molecule has 22 heavy (non-hydrogen) atoms. The highest BCUT2D eigenvalue weighted by Gasteiger charge is 2.46. The molecule has 0 unspecified atom stereocenters. The van der Waals surface area contributed by atoms with Crippen molar-refractivity contribution in [3.05, 3.63) is 35.9 Å². The number of rotatable bonds is 3. The van der Waals surface area contributed by atoms with Crippen molar-refractivity contribution in [3.63, 3.8) is 0 Å². The molecule has 3 heterocycles. The summed E-state index contributed by atoms with van der Waals surface area (Å²) in [6, 6.07) is 8.67. The molecule has 1 aromatic carbocycles. The number of carboxylic acids is 1. The van der Waals surface area contributed by atoms with E-state index in [4.69, 9.17) is 0 Å². The summed E-state index contributed by atoms with van der Waals surface area (Å²) in [6.45, 7) is 1.74. The van der Waals surface area contributed by atoms with Crippen LogP contribution >= 0.6 is 0 Å². The third kappa shape index (κ3) is 2.78. The lowest BCUT2D eigenvalue weighted by Gasteiger charge is -2.38. The molecule has 6 heteroatoms. The molecule has 3 aliphatic rings. The van der Waals surface area contributed by atoms with E-state index in [-0.39, 0.29) is 12.0 Å². The minimum absolute atomic E-state index is 0.209. The Bertz CT molecular complexity index is 563. The Hall–Kier alpha value is -2.08. The van der Waals surface area contributed by atoms with E-state index >= 15 is 0 Å². The minimum atomic E-state index is -1.13. The zero-order valence-corrected chi connectivity index (χ0v) is 12.3. The molecule has 0 saturated carbocycles. The van der Waals surface area contributed by atoms with Gasteiger partial charge >= 0.3 is 12.1 Å². The Morgan fingerprint density at radius 2 is 1.82 bits per heavy atom. The van der Waals surface area contributed by atoms with Crippen LogP contribution in [0.25, 0.3) is 0 Å². The maximum absolute atomic E-state index is 11.7. The average Bonchev–Trinajstić information content (AvgIpc) is 2.76. The van der Waals surface area contributed by atoms with E-state index < -0.39 is 18.1 Å². The summed E-state index contributed by atoms with van der Waals surface area (Å²) in [5, 5.41) is 18.9. The number of carbonyl (C=O) groups is 2. The van der Waals surface area contributed by atoms with Gasteiger partial charge in [0, 0.05) is 25.7 Å². The quantitative estimate of drug-likeness (QED) is 0.888. The van der Waals surface area contributed by atoms with E-state index in [1.165, 1.54) is 0 Å². The molecule has 3 atom stereocenters. The normalized spacial score (nSPS) is 28.4. The Kier molecular flexibility index (Phi) is 4.02. The second-order valence-electron chi connectivity index (χ2n) is 6.14. The Morgan fingerprint density at radius 3 is 2.45 bits per heavy atom. The molecule has 2 bridgehead atoms. The van der Waals surface area contributed by atoms with E-state index in [1.54, 1.807) is 0 Å². The van der Waals surface area contributed by atoms with Crippen molar-refractivity contribution in [1.82, 2.24) is 9.80 Å². The van der Waals surface area contributed by atoms with E-state index in [9.17, 15) is 19.8 Å². The SMILES string of the molecule is O=C(O)[C@@H]1[C@@H]2CC[C@@H](CN2Cc2ccccc2)CN1C(=O)O. The molecule has 1 aromatic rings. The van der Waals surface area contributed by atoms with Crippen LogP contribution in [0.3, 0.4) is 0 Å². The molecule has 3 saturated heterocycles. The summed E-state index contributed by atoms with van der Waals surface area (Å²) in [5.41, 5.74) is 1.13. The monoisotopic (exact) mass is 304 g/mol. The smallest absolute Gasteiger partial charge is 0.408 e. The largest absolute Gasteiger partial charge is 0.480 e. The fourth-order valence-corrected chi connectivity index (χ4v) is 3.75. The lowest BCUT2D eigenvalue weighted by molar-refractivity contribution is -0.144. The van der Waals surface area contributed by atoms with Gasteiger partial charge in [-0.2, -0.15) is 0 Å². The van der Waals surface area contributed by atoms with Crippen LogP contribution in [0.2, 0.25) is 0 Å². The molecule has 0 aromatic heterocycles. The first-order valence-corrected chi connectivity index (χ1v) is 7.56. The van der Waals surface area contributed by atoms with Crippen molar-refractivity contribution in [3.8, 4) is 0 Å². The first-order valence-electron chi connectivity index (χ1n) is 7.56. The van der Waals surface area contributed by atoms with Crippen LogP contribution < -0.4 is 0 Å². The van der Waals surface area contributed by atoms with Crippen molar-refractivity contribution in [2.75, 3.05) is 13.1 Å². The van der Waals surface area contributed by atoms with Crippen LogP contribution in [-0.2, 0) is 11.3 Å². The summed E-state index contributed by atoms with van der Waals surface area (Å²) in [4.78, 5) is 26.4. The van der Waals surface area contributed by atoms with Gasteiger partial charge in [0.15, 0.2) is 0 Å². The van der Waals surface area contributed by atoms with Crippen LogP contribution in [-0.4, -0.2) is 57.2 Å². The predicted octanol–water partition coefficient (Wildman–Crippen LogP) is 1.71. The number of hydrogen-bond acceptors (Lipinski definition) is 3.